The molecule has 8 nitrogen and oxygen atoms in total. The van der Waals surface area contributed by atoms with Crippen molar-refractivity contribution in [1.82, 2.24) is 20.6 Å². The second kappa shape index (κ2) is 5.50. The minimum Gasteiger partial charge on any atom is -0.506 e. The highest BCUT2D eigenvalue weighted by atomic mass is 16.3. The molecule has 1 aliphatic heterocycles. The van der Waals surface area contributed by atoms with Crippen LogP contribution in [0.3, 0.4) is 0 Å². The molecule has 8 heteroatoms. The molecule has 0 bridgehead atoms. The van der Waals surface area contributed by atoms with Crippen LogP contribution in [0.1, 0.15) is 17.8 Å². The quantitative estimate of drug-likeness (QED) is 0.379. The lowest BCUT2D eigenvalue weighted by Gasteiger charge is -2.21. The Morgan fingerprint density at radius 3 is 3.14 bits per heavy atom. The third kappa shape index (κ3) is 2.49. The topological polar surface area (TPSA) is 123 Å². The van der Waals surface area contributed by atoms with Crippen molar-refractivity contribution < 1.29 is 5.11 Å². The van der Waals surface area contributed by atoms with E-state index in [4.69, 9.17) is 5.26 Å². The van der Waals surface area contributed by atoms with E-state index in [0.29, 0.717) is 0 Å². The molecule has 106 valence electrons. The highest BCUT2D eigenvalue weighted by Gasteiger charge is 2.16. The Hall–Kier alpha value is -3.08. The Kier molecular flexibility index (Phi) is 3.39. The van der Waals surface area contributed by atoms with Crippen LogP contribution in [0.5, 0.6) is 5.75 Å². The number of hydrogen-bond acceptors (Lipinski definition) is 7. The summed E-state index contributed by atoms with van der Waals surface area (Å²) in [4.78, 5) is 0. The van der Waals surface area contributed by atoms with Crippen molar-refractivity contribution in [2.24, 2.45) is 0 Å². The van der Waals surface area contributed by atoms with Crippen LogP contribution >= 0.6 is 0 Å². The third-order valence-electron chi connectivity index (χ3n) is 3.27. The van der Waals surface area contributed by atoms with Crippen LogP contribution in [0.2, 0.25) is 0 Å². The number of anilines is 2. The predicted octanol–water partition coefficient (Wildman–Crippen LogP) is 1.24. The van der Waals surface area contributed by atoms with Gasteiger partial charge in [0.2, 0.25) is 5.82 Å². The summed E-state index contributed by atoms with van der Waals surface area (Å²) in [6.07, 6.45) is 3.38. The molecule has 0 aliphatic carbocycles. The Balaban J connectivity index is 1.91. The summed E-state index contributed by atoms with van der Waals surface area (Å²) in [7, 11) is 0. The highest BCUT2D eigenvalue weighted by Crippen LogP contribution is 2.36. The summed E-state index contributed by atoms with van der Waals surface area (Å²) in [5, 5.41) is 38.5. The molecule has 1 aromatic carbocycles. The first kappa shape index (κ1) is 12.9. The minimum atomic E-state index is 0.232. The van der Waals surface area contributed by atoms with Crippen molar-refractivity contribution in [2.75, 3.05) is 17.2 Å². The Labute approximate surface area is 120 Å². The molecule has 2 heterocycles. The summed E-state index contributed by atoms with van der Waals surface area (Å²) < 4.78 is 0. The van der Waals surface area contributed by atoms with Crippen LogP contribution < -0.4 is 10.6 Å². The first-order valence-electron chi connectivity index (χ1n) is 6.49. The molecule has 3 rings (SSSR count). The second-order valence-electron chi connectivity index (χ2n) is 4.57. The number of benzene rings is 1. The Bertz CT molecular complexity index is 715. The van der Waals surface area contributed by atoms with Gasteiger partial charge in [0.15, 0.2) is 0 Å². The molecule has 1 aromatic heterocycles. The Morgan fingerprint density at radius 1 is 1.48 bits per heavy atom. The van der Waals surface area contributed by atoms with E-state index in [1.165, 1.54) is 6.20 Å². The van der Waals surface area contributed by atoms with E-state index in [0.717, 1.165) is 36.3 Å². The molecule has 21 heavy (non-hydrogen) atoms. The number of allylic oxidation sites excluding steroid dienone is 1. The Morgan fingerprint density at radius 2 is 2.38 bits per heavy atom. The number of fused-ring (bicyclic) bond motifs is 1. The zero-order valence-electron chi connectivity index (χ0n) is 11.1. The van der Waals surface area contributed by atoms with E-state index < -0.39 is 0 Å². The molecular weight excluding hydrogens is 270 g/mol. The smallest absolute Gasteiger partial charge is 0.216 e. The van der Waals surface area contributed by atoms with Gasteiger partial charge in [0.25, 0.3) is 0 Å². The zero-order valence-corrected chi connectivity index (χ0v) is 11.1. The zero-order chi connectivity index (χ0) is 14.7. The largest absolute Gasteiger partial charge is 0.506 e. The maximum atomic E-state index is 9.86. The molecule has 2 aromatic rings. The van der Waals surface area contributed by atoms with E-state index in [9.17, 15) is 5.11 Å². The van der Waals surface area contributed by atoms with Crippen LogP contribution in [0, 0.1) is 11.3 Å². The third-order valence-corrected chi connectivity index (χ3v) is 3.27. The lowest BCUT2D eigenvalue weighted by atomic mass is 10.0. The average molecular weight is 283 g/mol. The second-order valence-corrected chi connectivity index (χ2v) is 4.57. The van der Waals surface area contributed by atoms with Crippen molar-refractivity contribution in [3.8, 4) is 11.8 Å². The van der Waals surface area contributed by atoms with E-state index >= 15 is 0 Å². The lowest BCUT2D eigenvalue weighted by Crippen LogP contribution is -2.13. The number of nitriles is 1. The van der Waals surface area contributed by atoms with Crippen molar-refractivity contribution >= 4 is 16.9 Å². The fourth-order valence-corrected chi connectivity index (χ4v) is 2.28. The number of aromatic hydroxyl groups is 1. The maximum Gasteiger partial charge on any atom is 0.216 e. The lowest BCUT2D eigenvalue weighted by molar-refractivity contribution is 0.475. The van der Waals surface area contributed by atoms with E-state index in [2.05, 4.69) is 31.3 Å². The number of H-pyrrole nitrogens is 1. The molecule has 0 unspecified atom stereocenters. The molecule has 0 saturated heterocycles. The van der Waals surface area contributed by atoms with Crippen LogP contribution in [-0.2, 0) is 6.42 Å². The first-order valence-corrected chi connectivity index (χ1v) is 6.49. The van der Waals surface area contributed by atoms with Gasteiger partial charge in [0.1, 0.15) is 17.4 Å². The van der Waals surface area contributed by atoms with Gasteiger partial charge in [-0.3, -0.25) is 0 Å². The number of phenols is 1. The van der Waals surface area contributed by atoms with Crippen molar-refractivity contribution in [2.45, 2.75) is 12.8 Å². The average Bonchev–Trinajstić information content (AvgIpc) is 3.04. The van der Waals surface area contributed by atoms with Crippen molar-refractivity contribution in [3.05, 3.63) is 29.7 Å². The number of rotatable bonds is 3. The van der Waals surface area contributed by atoms with E-state index in [1.54, 1.807) is 12.1 Å². The summed E-state index contributed by atoms with van der Waals surface area (Å²) in [6, 6.07) is 5.41. The summed E-state index contributed by atoms with van der Waals surface area (Å²) in [6.45, 7) is 0.839. The highest BCUT2D eigenvalue weighted by molar-refractivity contribution is 5.77. The van der Waals surface area contributed by atoms with Crippen molar-refractivity contribution in [1.29, 1.82) is 5.26 Å². The summed E-state index contributed by atoms with van der Waals surface area (Å²) in [5.74, 6) is 0.466. The molecule has 0 atom stereocenters. The first-order chi connectivity index (χ1) is 10.3. The van der Waals surface area contributed by atoms with Gasteiger partial charge < -0.3 is 15.7 Å². The van der Waals surface area contributed by atoms with Crippen LogP contribution in [0.15, 0.2) is 18.3 Å². The number of hydrogen-bond donors (Lipinski definition) is 4. The number of aromatic nitrogens is 4. The minimum absolute atomic E-state index is 0.232. The standard InChI is InChI=1S/C13H13N7O/c14-6-8(13-17-19-20-18-13)7-16-10-3-4-11(21)12-9(10)2-1-5-15-12/h3-4,7,15-16,21H,1-2,5H2,(H,17,18,19,20). The van der Waals surface area contributed by atoms with E-state index in [1.807, 2.05) is 6.07 Å². The summed E-state index contributed by atoms with van der Waals surface area (Å²) in [5.41, 5.74) is 2.86. The summed E-state index contributed by atoms with van der Waals surface area (Å²) >= 11 is 0. The maximum absolute atomic E-state index is 9.86. The molecule has 4 N–H and O–H groups in total. The SMILES string of the molecule is N#CC(=CNc1ccc(O)c2c1CCCN2)c1nn[nH]n1. The van der Waals surface area contributed by atoms with Crippen LogP contribution in [-0.4, -0.2) is 32.3 Å². The van der Waals surface area contributed by atoms with Crippen LogP contribution in [0.4, 0.5) is 11.4 Å². The number of phenolic OH excluding ortho intramolecular Hbond substituents is 1. The fraction of sp³-hybridized carbons (Fsp3) is 0.231. The van der Waals surface area contributed by atoms with Gasteiger partial charge in [-0.15, -0.1) is 10.2 Å². The fourth-order valence-electron chi connectivity index (χ4n) is 2.28. The molecule has 1 aliphatic rings. The van der Waals surface area contributed by atoms with E-state index in [-0.39, 0.29) is 17.1 Å². The number of aromatic amines is 1. The van der Waals surface area contributed by atoms with Gasteiger partial charge in [-0.05, 0) is 30.2 Å². The van der Waals surface area contributed by atoms with Gasteiger partial charge in [-0.2, -0.15) is 10.5 Å². The molecule has 0 amide bonds. The van der Waals surface area contributed by atoms with Gasteiger partial charge in [0, 0.05) is 24.0 Å². The molecular formula is C13H13N7O. The van der Waals surface area contributed by atoms with Gasteiger partial charge in [-0.1, -0.05) is 0 Å². The van der Waals surface area contributed by atoms with Gasteiger partial charge in [0.05, 0.1) is 5.69 Å². The molecule has 0 saturated carbocycles. The van der Waals surface area contributed by atoms with Gasteiger partial charge >= 0.3 is 0 Å². The molecule has 0 fully saturated rings. The van der Waals surface area contributed by atoms with Crippen molar-refractivity contribution in [3.63, 3.8) is 0 Å². The van der Waals surface area contributed by atoms with Gasteiger partial charge in [-0.25, -0.2) is 0 Å². The monoisotopic (exact) mass is 283 g/mol. The number of nitrogens with zero attached hydrogens (tertiary/aromatic N) is 4. The number of nitrogens with one attached hydrogen (secondary N) is 3. The normalized spacial score (nSPS) is 14.0. The molecule has 0 radical (unpaired) electrons. The van der Waals surface area contributed by atoms with Crippen LogP contribution in [0.25, 0.3) is 5.57 Å². The number of tetrazole rings is 1. The predicted molar refractivity (Wildman–Crippen MR) is 76.3 cm³/mol. The molecule has 0 spiro atoms.